The van der Waals surface area contributed by atoms with Crippen molar-refractivity contribution >= 4 is 11.3 Å². The van der Waals surface area contributed by atoms with Crippen LogP contribution in [0.3, 0.4) is 0 Å². The van der Waals surface area contributed by atoms with E-state index in [4.69, 9.17) is 0 Å². The lowest BCUT2D eigenvalue weighted by Gasteiger charge is -2.16. The minimum atomic E-state index is 0.683. The molecule has 3 heteroatoms. The number of nitrogens with one attached hydrogen (secondary N) is 2. The van der Waals surface area contributed by atoms with E-state index >= 15 is 0 Å². The highest BCUT2D eigenvalue weighted by molar-refractivity contribution is 7.10. The Morgan fingerprint density at radius 1 is 1.41 bits per heavy atom. The van der Waals surface area contributed by atoms with E-state index in [1.165, 1.54) is 42.7 Å². The molecule has 17 heavy (non-hydrogen) atoms. The first-order chi connectivity index (χ1) is 8.40. The zero-order chi connectivity index (χ0) is 11.9. The molecule has 1 aromatic heterocycles. The van der Waals surface area contributed by atoms with Crippen molar-refractivity contribution in [2.24, 2.45) is 0 Å². The van der Waals surface area contributed by atoms with Gasteiger partial charge in [-0.2, -0.15) is 0 Å². The van der Waals surface area contributed by atoms with Crippen molar-refractivity contribution in [3.05, 3.63) is 21.9 Å². The van der Waals surface area contributed by atoms with Gasteiger partial charge in [0.2, 0.25) is 0 Å². The Labute approximate surface area is 109 Å². The summed E-state index contributed by atoms with van der Waals surface area (Å²) in [7, 11) is 0. The van der Waals surface area contributed by atoms with Gasteiger partial charge in [0, 0.05) is 24.0 Å². The summed E-state index contributed by atoms with van der Waals surface area (Å²) in [5.41, 5.74) is 1.51. The van der Waals surface area contributed by atoms with Crippen LogP contribution in [0.25, 0.3) is 0 Å². The second-order valence-electron chi connectivity index (χ2n) is 4.85. The highest BCUT2D eigenvalue weighted by atomic mass is 32.1. The molecule has 96 valence electrons. The third kappa shape index (κ3) is 4.09. The molecule has 2 rings (SSSR count). The summed E-state index contributed by atoms with van der Waals surface area (Å²) in [6.45, 7) is 5.59. The predicted molar refractivity (Wildman–Crippen MR) is 75.7 cm³/mol. The lowest BCUT2D eigenvalue weighted by molar-refractivity contribution is 0.471. The Balaban J connectivity index is 1.71. The second kappa shape index (κ2) is 7.14. The standard InChI is InChI=1S/C14H24N2S/c1-2-12-7-9-17-14(12)11-15-10-13-6-4-3-5-8-16-13/h7,9,13,15-16H,2-6,8,10-11H2,1H3. The molecule has 1 unspecified atom stereocenters. The van der Waals surface area contributed by atoms with Crippen LogP contribution in [0.1, 0.15) is 43.0 Å². The highest BCUT2D eigenvalue weighted by Crippen LogP contribution is 2.17. The Hall–Kier alpha value is -0.380. The summed E-state index contributed by atoms with van der Waals surface area (Å²) in [6.07, 6.45) is 6.62. The fourth-order valence-corrected chi connectivity index (χ4v) is 3.42. The van der Waals surface area contributed by atoms with Gasteiger partial charge in [-0.3, -0.25) is 0 Å². The zero-order valence-corrected chi connectivity index (χ0v) is 11.6. The van der Waals surface area contributed by atoms with Gasteiger partial charge in [-0.1, -0.05) is 19.8 Å². The second-order valence-corrected chi connectivity index (χ2v) is 5.85. The van der Waals surface area contributed by atoms with E-state index in [0.717, 1.165) is 19.5 Å². The summed E-state index contributed by atoms with van der Waals surface area (Å²) < 4.78 is 0. The molecule has 0 aromatic carbocycles. The fraction of sp³-hybridized carbons (Fsp3) is 0.714. The smallest absolute Gasteiger partial charge is 0.0303 e. The molecule has 1 saturated heterocycles. The van der Waals surface area contributed by atoms with Crippen molar-refractivity contribution in [3.8, 4) is 0 Å². The van der Waals surface area contributed by atoms with Crippen molar-refractivity contribution in [2.75, 3.05) is 13.1 Å². The van der Waals surface area contributed by atoms with Crippen molar-refractivity contribution < 1.29 is 0 Å². The van der Waals surface area contributed by atoms with Crippen LogP contribution >= 0.6 is 11.3 Å². The summed E-state index contributed by atoms with van der Waals surface area (Å²) in [5, 5.41) is 9.45. The van der Waals surface area contributed by atoms with Crippen molar-refractivity contribution in [1.29, 1.82) is 0 Å². The maximum Gasteiger partial charge on any atom is 0.0303 e. The first-order valence-electron chi connectivity index (χ1n) is 6.89. The molecule has 2 nitrogen and oxygen atoms in total. The molecule has 1 atom stereocenters. The number of hydrogen-bond donors (Lipinski definition) is 2. The van der Waals surface area contributed by atoms with Crippen LogP contribution in [0.2, 0.25) is 0 Å². The van der Waals surface area contributed by atoms with Gasteiger partial charge in [-0.15, -0.1) is 11.3 Å². The Bertz CT molecular complexity index is 314. The summed E-state index contributed by atoms with van der Waals surface area (Å²) >= 11 is 1.88. The number of thiophene rings is 1. The molecule has 1 aromatic rings. The van der Waals surface area contributed by atoms with Crippen LogP contribution in [-0.2, 0) is 13.0 Å². The van der Waals surface area contributed by atoms with Crippen molar-refractivity contribution in [3.63, 3.8) is 0 Å². The quantitative estimate of drug-likeness (QED) is 0.842. The van der Waals surface area contributed by atoms with Crippen LogP contribution in [0.5, 0.6) is 0 Å². The molecule has 2 N–H and O–H groups in total. The third-order valence-electron chi connectivity index (χ3n) is 3.56. The zero-order valence-electron chi connectivity index (χ0n) is 10.8. The van der Waals surface area contributed by atoms with Gasteiger partial charge < -0.3 is 10.6 Å². The molecular formula is C14H24N2S. The van der Waals surface area contributed by atoms with Crippen LogP contribution in [-0.4, -0.2) is 19.1 Å². The predicted octanol–water partition coefficient (Wildman–Crippen LogP) is 2.93. The molecule has 2 heterocycles. The average Bonchev–Trinajstić information content (AvgIpc) is 2.64. The number of hydrogen-bond acceptors (Lipinski definition) is 3. The van der Waals surface area contributed by atoms with E-state index in [1.807, 2.05) is 11.3 Å². The van der Waals surface area contributed by atoms with Gasteiger partial charge in [0.1, 0.15) is 0 Å². The van der Waals surface area contributed by atoms with Gasteiger partial charge >= 0.3 is 0 Å². The Morgan fingerprint density at radius 3 is 3.24 bits per heavy atom. The molecule has 1 aliphatic heterocycles. The lowest BCUT2D eigenvalue weighted by Crippen LogP contribution is -2.37. The van der Waals surface area contributed by atoms with Crippen molar-refractivity contribution in [2.45, 2.75) is 51.6 Å². The summed E-state index contributed by atoms with van der Waals surface area (Å²) in [6, 6.07) is 2.94. The topological polar surface area (TPSA) is 24.1 Å². The first-order valence-corrected chi connectivity index (χ1v) is 7.77. The van der Waals surface area contributed by atoms with Gasteiger partial charge in [0.25, 0.3) is 0 Å². The van der Waals surface area contributed by atoms with E-state index in [2.05, 4.69) is 29.0 Å². The third-order valence-corrected chi connectivity index (χ3v) is 4.52. The molecular weight excluding hydrogens is 228 g/mol. The van der Waals surface area contributed by atoms with Gasteiger partial charge in [-0.25, -0.2) is 0 Å². The minimum Gasteiger partial charge on any atom is -0.313 e. The molecule has 0 spiro atoms. The normalized spacial score (nSPS) is 21.4. The summed E-state index contributed by atoms with van der Waals surface area (Å²) in [4.78, 5) is 1.51. The lowest BCUT2D eigenvalue weighted by atomic mass is 10.1. The molecule has 0 aliphatic carbocycles. The molecule has 1 aliphatic rings. The van der Waals surface area contributed by atoms with E-state index in [-0.39, 0.29) is 0 Å². The maximum atomic E-state index is 3.63. The minimum absolute atomic E-state index is 0.683. The summed E-state index contributed by atoms with van der Waals surface area (Å²) in [5.74, 6) is 0. The van der Waals surface area contributed by atoms with E-state index in [0.29, 0.717) is 6.04 Å². The molecule has 0 amide bonds. The number of rotatable bonds is 5. The van der Waals surface area contributed by atoms with Gasteiger partial charge in [-0.05, 0) is 42.8 Å². The van der Waals surface area contributed by atoms with E-state index < -0.39 is 0 Å². The van der Waals surface area contributed by atoms with Crippen LogP contribution < -0.4 is 10.6 Å². The number of aryl methyl sites for hydroxylation is 1. The molecule has 0 saturated carbocycles. The van der Waals surface area contributed by atoms with Crippen LogP contribution in [0, 0.1) is 0 Å². The van der Waals surface area contributed by atoms with Crippen LogP contribution in [0.15, 0.2) is 11.4 Å². The average molecular weight is 252 g/mol. The highest BCUT2D eigenvalue weighted by Gasteiger charge is 2.11. The van der Waals surface area contributed by atoms with E-state index in [9.17, 15) is 0 Å². The first kappa shape index (κ1) is 13.1. The Kier molecular flexibility index (Phi) is 5.49. The SMILES string of the molecule is CCc1ccsc1CNCC1CCCCCN1. The maximum absolute atomic E-state index is 3.63. The Morgan fingerprint density at radius 2 is 2.35 bits per heavy atom. The van der Waals surface area contributed by atoms with E-state index in [1.54, 1.807) is 0 Å². The molecule has 0 bridgehead atoms. The van der Waals surface area contributed by atoms with Gasteiger partial charge in [0.05, 0.1) is 0 Å². The van der Waals surface area contributed by atoms with Crippen molar-refractivity contribution in [1.82, 2.24) is 10.6 Å². The monoisotopic (exact) mass is 252 g/mol. The van der Waals surface area contributed by atoms with Crippen LogP contribution in [0.4, 0.5) is 0 Å². The largest absolute Gasteiger partial charge is 0.313 e. The molecule has 1 fully saturated rings. The fourth-order valence-electron chi connectivity index (χ4n) is 2.47. The van der Waals surface area contributed by atoms with Gasteiger partial charge in [0.15, 0.2) is 0 Å². The molecule has 0 radical (unpaired) electrons.